The first-order valence-electron chi connectivity index (χ1n) is 8.02. The molecule has 0 radical (unpaired) electrons. The zero-order valence-electron chi connectivity index (χ0n) is 14.0. The first-order valence-corrected chi connectivity index (χ1v) is 10.0. The summed E-state index contributed by atoms with van der Waals surface area (Å²) in [5.74, 6) is 0.572. The van der Waals surface area contributed by atoms with Gasteiger partial charge in [0.15, 0.2) is 5.17 Å². The van der Waals surface area contributed by atoms with E-state index in [0.717, 1.165) is 27.9 Å². The van der Waals surface area contributed by atoms with Crippen molar-refractivity contribution in [2.75, 3.05) is 6.61 Å². The average molecular weight is 452 g/mol. The summed E-state index contributed by atoms with van der Waals surface area (Å²) in [5.41, 5.74) is 1.58. The molecule has 2 aromatic rings. The fraction of sp³-hybridized carbons (Fsp3) is 0.158. The number of hydrogen-bond donors (Lipinski definition) is 1. The number of rotatable bonds is 5. The standard InChI is InChI=1S/C19H16BrClN2O2S/c1-2-9-25-16-8-3-13(20)10-12(16)11-17-18(24)23-19(26-17)22-15-6-4-14(21)5-7-15/h3-8,10-11H,2,9H2,1H3,(H,22,23,24)/b17-11-. The largest absolute Gasteiger partial charge is 0.493 e. The van der Waals surface area contributed by atoms with Gasteiger partial charge in [0.25, 0.3) is 5.91 Å². The van der Waals surface area contributed by atoms with Gasteiger partial charge in [0, 0.05) is 15.1 Å². The van der Waals surface area contributed by atoms with Gasteiger partial charge in [-0.15, -0.1) is 0 Å². The Bertz CT molecular complexity index is 882. The third-order valence-electron chi connectivity index (χ3n) is 3.43. The van der Waals surface area contributed by atoms with Crippen LogP contribution >= 0.6 is 39.3 Å². The maximum atomic E-state index is 12.3. The second kappa shape index (κ2) is 8.75. The highest BCUT2D eigenvalue weighted by Gasteiger charge is 2.24. The minimum Gasteiger partial charge on any atom is -0.493 e. The first kappa shape index (κ1) is 19.0. The Balaban J connectivity index is 1.84. The van der Waals surface area contributed by atoms with Gasteiger partial charge >= 0.3 is 0 Å². The van der Waals surface area contributed by atoms with Crippen LogP contribution in [0.25, 0.3) is 6.08 Å². The molecule has 1 N–H and O–H groups in total. The maximum absolute atomic E-state index is 12.3. The number of benzene rings is 2. The van der Waals surface area contributed by atoms with E-state index in [1.807, 2.05) is 24.3 Å². The van der Waals surface area contributed by atoms with E-state index >= 15 is 0 Å². The Labute approximate surface area is 169 Å². The second-order valence-electron chi connectivity index (χ2n) is 5.49. The second-order valence-corrected chi connectivity index (χ2v) is 7.87. The number of nitrogens with one attached hydrogen (secondary N) is 1. The number of halogens is 2. The Morgan fingerprint density at radius 3 is 2.77 bits per heavy atom. The summed E-state index contributed by atoms with van der Waals surface area (Å²) in [5, 5.41) is 3.97. The molecule has 0 bridgehead atoms. The fourth-order valence-electron chi connectivity index (χ4n) is 2.23. The predicted molar refractivity (Wildman–Crippen MR) is 112 cm³/mol. The molecular formula is C19H16BrClN2O2S. The van der Waals surface area contributed by atoms with Crippen molar-refractivity contribution in [3.63, 3.8) is 0 Å². The summed E-state index contributed by atoms with van der Waals surface area (Å²) in [6, 6.07) is 12.9. The smallest absolute Gasteiger partial charge is 0.264 e. The predicted octanol–water partition coefficient (Wildman–Crippen LogP) is 5.78. The molecule has 0 spiro atoms. The first-order chi connectivity index (χ1) is 12.5. The summed E-state index contributed by atoms with van der Waals surface area (Å²) in [6.07, 6.45) is 2.74. The molecule has 0 aliphatic carbocycles. The van der Waals surface area contributed by atoms with Crippen molar-refractivity contribution in [1.82, 2.24) is 5.32 Å². The molecule has 1 fully saturated rings. The highest BCUT2D eigenvalue weighted by Crippen LogP contribution is 2.32. The van der Waals surface area contributed by atoms with Crippen molar-refractivity contribution < 1.29 is 9.53 Å². The van der Waals surface area contributed by atoms with Crippen LogP contribution in [0.5, 0.6) is 5.75 Å². The monoisotopic (exact) mass is 450 g/mol. The number of amides is 1. The van der Waals surface area contributed by atoms with Crippen LogP contribution in [0, 0.1) is 0 Å². The van der Waals surface area contributed by atoms with E-state index in [9.17, 15) is 4.79 Å². The number of thioether (sulfide) groups is 1. The van der Waals surface area contributed by atoms with Gasteiger partial charge in [-0.05, 0) is 66.7 Å². The molecule has 4 nitrogen and oxygen atoms in total. The number of amidine groups is 1. The topological polar surface area (TPSA) is 50.7 Å². The summed E-state index contributed by atoms with van der Waals surface area (Å²) >= 11 is 10.6. The maximum Gasteiger partial charge on any atom is 0.264 e. The van der Waals surface area contributed by atoms with E-state index < -0.39 is 0 Å². The molecule has 0 unspecified atom stereocenters. The normalized spacial score (nSPS) is 17.0. The van der Waals surface area contributed by atoms with Gasteiger partial charge in [-0.3, -0.25) is 4.79 Å². The van der Waals surface area contributed by atoms with E-state index in [0.29, 0.717) is 21.7 Å². The van der Waals surface area contributed by atoms with E-state index in [1.54, 1.807) is 24.3 Å². The van der Waals surface area contributed by atoms with Crippen LogP contribution in [0.1, 0.15) is 18.9 Å². The Hall–Kier alpha value is -1.76. The van der Waals surface area contributed by atoms with Gasteiger partial charge < -0.3 is 10.1 Å². The number of aliphatic imine (C=N–C) groups is 1. The molecule has 1 saturated heterocycles. The quantitative estimate of drug-likeness (QED) is 0.586. The van der Waals surface area contributed by atoms with Crippen molar-refractivity contribution in [3.05, 3.63) is 62.4 Å². The van der Waals surface area contributed by atoms with Gasteiger partial charge in [0.1, 0.15) is 5.75 Å². The number of ether oxygens (including phenoxy) is 1. The van der Waals surface area contributed by atoms with E-state index in [4.69, 9.17) is 16.3 Å². The number of hydrogen-bond acceptors (Lipinski definition) is 4. The Morgan fingerprint density at radius 1 is 1.27 bits per heavy atom. The molecule has 7 heteroatoms. The number of carbonyl (C=O) groups excluding carboxylic acids is 1. The number of carbonyl (C=O) groups is 1. The minimum absolute atomic E-state index is 0.177. The van der Waals surface area contributed by atoms with Gasteiger partial charge in [0.2, 0.25) is 0 Å². The van der Waals surface area contributed by atoms with Crippen molar-refractivity contribution in [2.45, 2.75) is 13.3 Å². The molecule has 1 heterocycles. The highest BCUT2D eigenvalue weighted by atomic mass is 79.9. The van der Waals surface area contributed by atoms with Crippen LogP contribution in [-0.4, -0.2) is 17.7 Å². The molecular weight excluding hydrogens is 436 g/mol. The molecule has 3 rings (SSSR count). The van der Waals surface area contributed by atoms with E-state index in [-0.39, 0.29) is 5.91 Å². The van der Waals surface area contributed by atoms with Crippen LogP contribution < -0.4 is 10.1 Å². The molecule has 1 aliphatic rings. The van der Waals surface area contributed by atoms with Crippen molar-refractivity contribution in [3.8, 4) is 5.75 Å². The lowest BCUT2D eigenvalue weighted by molar-refractivity contribution is -0.115. The molecule has 2 aromatic carbocycles. The molecule has 0 atom stereocenters. The van der Waals surface area contributed by atoms with Crippen molar-refractivity contribution in [1.29, 1.82) is 0 Å². The third-order valence-corrected chi connectivity index (χ3v) is 5.08. The fourth-order valence-corrected chi connectivity index (χ4v) is 3.57. The molecule has 26 heavy (non-hydrogen) atoms. The summed E-state index contributed by atoms with van der Waals surface area (Å²) in [7, 11) is 0. The van der Waals surface area contributed by atoms with E-state index in [1.165, 1.54) is 11.8 Å². The van der Waals surface area contributed by atoms with Crippen LogP contribution in [0.4, 0.5) is 5.69 Å². The van der Waals surface area contributed by atoms with Crippen molar-refractivity contribution in [2.24, 2.45) is 4.99 Å². The number of nitrogens with zero attached hydrogens (tertiary/aromatic N) is 1. The third kappa shape index (κ3) is 4.90. The zero-order valence-corrected chi connectivity index (χ0v) is 17.1. The summed E-state index contributed by atoms with van der Waals surface area (Å²) in [6.45, 7) is 2.68. The van der Waals surface area contributed by atoms with Gasteiger partial charge in [0.05, 0.1) is 17.2 Å². The van der Waals surface area contributed by atoms with Crippen LogP contribution in [0.3, 0.4) is 0 Å². The lowest BCUT2D eigenvalue weighted by atomic mass is 10.2. The molecule has 134 valence electrons. The van der Waals surface area contributed by atoms with Gasteiger partial charge in [-0.25, -0.2) is 4.99 Å². The van der Waals surface area contributed by atoms with Gasteiger partial charge in [-0.2, -0.15) is 0 Å². The molecule has 1 aliphatic heterocycles. The molecule has 0 aromatic heterocycles. The lowest BCUT2D eigenvalue weighted by Gasteiger charge is -2.09. The van der Waals surface area contributed by atoms with Crippen LogP contribution in [0.15, 0.2) is 56.8 Å². The minimum atomic E-state index is -0.177. The summed E-state index contributed by atoms with van der Waals surface area (Å²) in [4.78, 5) is 17.3. The zero-order chi connectivity index (χ0) is 18.5. The molecule has 1 amide bonds. The summed E-state index contributed by atoms with van der Waals surface area (Å²) < 4.78 is 6.69. The molecule has 0 saturated carbocycles. The lowest BCUT2D eigenvalue weighted by Crippen LogP contribution is -2.19. The van der Waals surface area contributed by atoms with Crippen molar-refractivity contribution >= 4 is 62.1 Å². The van der Waals surface area contributed by atoms with Gasteiger partial charge in [-0.1, -0.05) is 34.5 Å². The van der Waals surface area contributed by atoms with E-state index in [2.05, 4.69) is 33.2 Å². The Kier molecular flexibility index (Phi) is 6.40. The Morgan fingerprint density at radius 2 is 2.04 bits per heavy atom. The SMILES string of the molecule is CCCOc1ccc(Br)cc1/C=C1\SC(=Nc2ccc(Cl)cc2)NC1=O. The van der Waals surface area contributed by atoms with Crippen LogP contribution in [-0.2, 0) is 4.79 Å². The van der Waals surface area contributed by atoms with Crippen LogP contribution in [0.2, 0.25) is 5.02 Å². The average Bonchev–Trinajstić information content (AvgIpc) is 2.95. The highest BCUT2D eigenvalue weighted by molar-refractivity contribution is 9.10.